The molecule has 0 saturated heterocycles. The Hall–Kier alpha value is -0.580. The summed E-state index contributed by atoms with van der Waals surface area (Å²) < 4.78 is 37.4. The van der Waals surface area contributed by atoms with Gasteiger partial charge in [0, 0.05) is 31.4 Å². The molecule has 134 valence electrons. The number of aromatic nitrogens is 1. The smallest absolute Gasteiger partial charge is 0.357 e. The van der Waals surface area contributed by atoms with E-state index >= 15 is 0 Å². The minimum Gasteiger partial charge on any atom is -0.357 e. The van der Waals surface area contributed by atoms with Crippen LogP contribution in [0.1, 0.15) is 37.9 Å². The molecule has 0 amide bonds. The van der Waals surface area contributed by atoms with Gasteiger partial charge in [0.1, 0.15) is 0 Å². The SMILES string of the molecule is CCNC(=NCCC(C)C)NCCc1nc(C(F)(F)F)cs1.I. The molecule has 23 heavy (non-hydrogen) atoms. The summed E-state index contributed by atoms with van der Waals surface area (Å²) >= 11 is 1.03. The van der Waals surface area contributed by atoms with E-state index in [1.165, 1.54) is 0 Å². The molecule has 1 aromatic heterocycles. The van der Waals surface area contributed by atoms with Crippen LogP contribution in [0.4, 0.5) is 13.2 Å². The Morgan fingerprint density at radius 3 is 2.57 bits per heavy atom. The minimum absolute atomic E-state index is 0. The topological polar surface area (TPSA) is 49.3 Å². The molecule has 0 aliphatic rings. The Morgan fingerprint density at radius 2 is 2.04 bits per heavy atom. The minimum atomic E-state index is -4.37. The number of hydrogen-bond acceptors (Lipinski definition) is 3. The molecule has 2 N–H and O–H groups in total. The number of guanidine groups is 1. The maximum atomic E-state index is 12.5. The predicted octanol–water partition coefficient (Wildman–Crippen LogP) is 3.92. The molecule has 0 aromatic carbocycles. The summed E-state index contributed by atoms with van der Waals surface area (Å²) in [6, 6.07) is 0. The molecule has 4 nitrogen and oxygen atoms in total. The quantitative estimate of drug-likeness (QED) is 0.366. The van der Waals surface area contributed by atoms with Crippen molar-refractivity contribution in [3.8, 4) is 0 Å². The van der Waals surface area contributed by atoms with E-state index in [0.29, 0.717) is 29.9 Å². The molecule has 0 spiro atoms. The monoisotopic (exact) mass is 464 g/mol. The van der Waals surface area contributed by atoms with Gasteiger partial charge in [0.15, 0.2) is 11.7 Å². The average molecular weight is 464 g/mol. The second-order valence-corrected chi connectivity index (χ2v) is 6.19. The largest absolute Gasteiger partial charge is 0.434 e. The van der Waals surface area contributed by atoms with Gasteiger partial charge in [0.25, 0.3) is 0 Å². The zero-order chi connectivity index (χ0) is 16.6. The lowest BCUT2D eigenvalue weighted by Gasteiger charge is -2.11. The van der Waals surface area contributed by atoms with E-state index in [4.69, 9.17) is 0 Å². The van der Waals surface area contributed by atoms with Gasteiger partial charge in [-0.3, -0.25) is 4.99 Å². The Kier molecular flexibility index (Phi) is 10.8. The zero-order valence-corrected chi connectivity index (χ0v) is 16.7. The molecule has 0 radical (unpaired) electrons. The van der Waals surface area contributed by atoms with Gasteiger partial charge < -0.3 is 10.6 Å². The highest BCUT2D eigenvalue weighted by Gasteiger charge is 2.33. The molecular formula is C14H24F3IN4S. The van der Waals surface area contributed by atoms with Crippen molar-refractivity contribution in [2.45, 2.75) is 39.8 Å². The predicted molar refractivity (Wildman–Crippen MR) is 99.7 cm³/mol. The maximum absolute atomic E-state index is 12.5. The van der Waals surface area contributed by atoms with Gasteiger partial charge >= 0.3 is 6.18 Å². The number of rotatable bonds is 7. The molecule has 9 heteroatoms. The van der Waals surface area contributed by atoms with Crippen LogP contribution in [0.25, 0.3) is 0 Å². The van der Waals surface area contributed by atoms with Crippen LogP contribution >= 0.6 is 35.3 Å². The van der Waals surface area contributed by atoms with Crippen molar-refractivity contribution in [1.82, 2.24) is 15.6 Å². The van der Waals surface area contributed by atoms with Gasteiger partial charge in [-0.15, -0.1) is 35.3 Å². The third-order valence-corrected chi connectivity index (χ3v) is 3.70. The molecule has 0 bridgehead atoms. The first-order valence-corrected chi connectivity index (χ1v) is 8.24. The third kappa shape index (κ3) is 9.33. The molecule has 1 heterocycles. The van der Waals surface area contributed by atoms with E-state index < -0.39 is 11.9 Å². The van der Waals surface area contributed by atoms with Crippen molar-refractivity contribution in [3.05, 3.63) is 16.1 Å². The van der Waals surface area contributed by atoms with Crippen LogP contribution in [0, 0.1) is 5.92 Å². The van der Waals surface area contributed by atoms with Gasteiger partial charge in [-0.05, 0) is 19.3 Å². The number of hydrogen-bond donors (Lipinski definition) is 2. The van der Waals surface area contributed by atoms with Crippen LogP contribution < -0.4 is 10.6 Å². The highest BCUT2D eigenvalue weighted by molar-refractivity contribution is 14.0. The fourth-order valence-corrected chi connectivity index (χ4v) is 2.43. The van der Waals surface area contributed by atoms with Gasteiger partial charge in [-0.1, -0.05) is 13.8 Å². The Bertz CT molecular complexity index is 475. The lowest BCUT2D eigenvalue weighted by Crippen LogP contribution is -2.38. The van der Waals surface area contributed by atoms with Crippen molar-refractivity contribution >= 4 is 41.3 Å². The van der Waals surface area contributed by atoms with E-state index in [0.717, 1.165) is 36.2 Å². The molecule has 0 saturated carbocycles. The Balaban J connectivity index is 0.00000484. The van der Waals surface area contributed by atoms with Crippen LogP contribution in [0.15, 0.2) is 10.4 Å². The fraction of sp³-hybridized carbons (Fsp3) is 0.714. The summed E-state index contributed by atoms with van der Waals surface area (Å²) in [5.41, 5.74) is -0.815. The van der Waals surface area contributed by atoms with Crippen LogP contribution in [0.3, 0.4) is 0 Å². The second-order valence-electron chi connectivity index (χ2n) is 5.24. The standard InChI is InChI=1S/C14H23F3N4S.HI/c1-4-18-13(19-7-5-10(2)3)20-8-6-12-21-11(9-22-12)14(15,16)17;/h9-10H,4-8H2,1-3H3,(H2,18,19,20);1H. The second kappa shape index (κ2) is 11.1. The number of nitrogens with one attached hydrogen (secondary N) is 2. The van der Waals surface area contributed by atoms with Crippen molar-refractivity contribution in [1.29, 1.82) is 0 Å². The summed E-state index contributed by atoms with van der Waals surface area (Å²) in [7, 11) is 0. The van der Waals surface area contributed by atoms with Crippen LogP contribution in [-0.2, 0) is 12.6 Å². The van der Waals surface area contributed by atoms with Crippen molar-refractivity contribution in [2.24, 2.45) is 10.9 Å². The number of thiazole rings is 1. The lowest BCUT2D eigenvalue weighted by atomic mass is 10.1. The summed E-state index contributed by atoms with van der Waals surface area (Å²) in [6.07, 6.45) is -2.93. The van der Waals surface area contributed by atoms with Crippen LogP contribution in [-0.4, -0.2) is 30.6 Å². The number of aliphatic imine (C=N–C) groups is 1. The molecule has 0 aliphatic heterocycles. The van der Waals surface area contributed by atoms with E-state index in [-0.39, 0.29) is 24.0 Å². The number of halogens is 4. The van der Waals surface area contributed by atoms with Gasteiger partial charge in [-0.2, -0.15) is 13.2 Å². The molecule has 1 aromatic rings. The zero-order valence-electron chi connectivity index (χ0n) is 13.5. The lowest BCUT2D eigenvalue weighted by molar-refractivity contribution is -0.140. The molecule has 1 rings (SSSR count). The van der Waals surface area contributed by atoms with E-state index in [1.807, 2.05) is 6.92 Å². The Morgan fingerprint density at radius 1 is 1.35 bits per heavy atom. The first-order chi connectivity index (χ1) is 10.3. The highest BCUT2D eigenvalue weighted by Crippen LogP contribution is 2.29. The summed E-state index contributed by atoms with van der Waals surface area (Å²) in [6.45, 7) is 8.20. The van der Waals surface area contributed by atoms with E-state index in [9.17, 15) is 13.2 Å². The van der Waals surface area contributed by atoms with Crippen LogP contribution in [0.5, 0.6) is 0 Å². The first-order valence-electron chi connectivity index (χ1n) is 7.36. The van der Waals surface area contributed by atoms with Crippen molar-refractivity contribution in [2.75, 3.05) is 19.6 Å². The van der Waals surface area contributed by atoms with Crippen molar-refractivity contribution in [3.63, 3.8) is 0 Å². The van der Waals surface area contributed by atoms with Gasteiger partial charge in [0.2, 0.25) is 0 Å². The molecular weight excluding hydrogens is 440 g/mol. The molecule has 0 aliphatic carbocycles. The van der Waals surface area contributed by atoms with Gasteiger partial charge in [0.05, 0.1) is 5.01 Å². The highest BCUT2D eigenvalue weighted by atomic mass is 127. The van der Waals surface area contributed by atoms with E-state index in [1.54, 1.807) is 0 Å². The van der Waals surface area contributed by atoms with Gasteiger partial charge in [-0.25, -0.2) is 4.98 Å². The van der Waals surface area contributed by atoms with Crippen molar-refractivity contribution < 1.29 is 13.2 Å². The number of nitrogens with zero attached hydrogens (tertiary/aromatic N) is 2. The summed E-state index contributed by atoms with van der Waals surface area (Å²) in [4.78, 5) is 8.03. The molecule has 0 fully saturated rings. The van der Waals surface area contributed by atoms with Crippen LogP contribution in [0.2, 0.25) is 0 Å². The number of alkyl halides is 3. The normalized spacial score (nSPS) is 12.2. The average Bonchev–Trinajstić information content (AvgIpc) is 2.87. The molecule has 0 unspecified atom stereocenters. The third-order valence-electron chi connectivity index (χ3n) is 2.79. The first kappa shape index (κ1) is 22.4. The summed E-state index contributed by atoms with van der Waals surface area (Å²) in [5.74, 6) is 1.28. The van der Waals surface area contributed by atoms with E-state index in [2.05, 4.69) is 34.5 Å². The Labute approximate surface area is 156 Å². The summed E-state index contributed by atoms with van der Waals surface area (Å²) in [5, 5.41) is 7.75. The maximum Gasteiger partial charge on any atom is 0.434 e. The fourth-order valence-electron chi connectivity index (χ4n) is 1.62. The molecule has 0 atom stereocenters.